The van der Waals surface area contributed by atoms with E-state index in [1.807, 2.05) is 42.5 Å². The lowest BCUT2D eigenvalue weighted by molar-refractivity contribution is -0.192. The fraction of sp³-hybridized carbons (Fsp3) is 0.182. The van der Waals surface area contributed by atoms with Crippen molar-refractivity contribution in [1.82, 2.24) is 4.90 Å². The van der Waals surface area contributed by atoms with Gasteiger partial charge in [-0.05, 0) is 71.5 Å². The van der Waals surface area contributed by atoms with Crippen molar-refractivity contribution >= 4 is 11.9 Å². The molecule has 4 aromatic rings. The number of hydrogen-bond donors (Lipinski definition) is 2. The maximum atomic E-state index is 11.1. The Morgan fingerprint density at radius 3 is 1.64 bits per heavy atom. The molecule has 0 bridgehead atoms. The smallest absolute Gasteiger partial charge is 0.478 e. The van der Waals surface area contributed by atoms with Gasteiger partial charge in [-0.2, -0.15) is 18.4 Å². The Balaban J connectivity index is 0.000000616. The van der Waals surface area contributed by atoms with Crippen molar-refractivity contribution in [3.63, 3.8) is 0 Å². The van der Waals surface area contributed by atoms with Gasteiger partial charge >= 0.3 is 18.1 Å². The maximum Gasteiger partial charge on any atom is 0.490 e. The standard InChI is InChI=1S/C31H28N2O2.C2HF3O2/c32-21-25-8-10-26(11-9-25)22-33(20-4-7-24-5-2-1-3-6-24)23-27-12-14-28(15-13-27)29-16-18-30(19-17-29)31(34)35;3-2(4,5)1(6)7/h1-3,5-6,8-19H,4,7,20,22-23H2,(H,34,35);(H,6,7). The summed E-state index contributed by atoms with van der Waals surface area (Å²) < 4.78 is 31.7. The van der Waals surface area contributed by atoms with Crippen LogP contribution in [-0.4, -0.2) is 39.8 Å². The normalized spacial score (nSPS) is 10.8. The lowest BCUT2D eigenvalue weighted by atomic mass is 10.0. The predicted octanol–water partition coefficient (Wildman–Crippen LogP) is 7.19. The van der Waals surface area contributed by atoms with Gasteiger partial charge in [0.2, 0.25) is 0 Å². The molecule has 0 radical (unpaired) electrons. The fourth-order valence-electron chi connectivity index (χ4n) is 4.17. The number of benzene rings is 4. The van der Waals surface area contributed by atoms with E-state index in [1.165, 1.54) is 16.7 Å². The number of halogens is 3. The molecule has 0 aliphatic heterocycles. The second-order valence-electron chi connectivity index (χ2n) is 9.49. The monoisotopic (exact) mass is 574 g/mol. The summed E-state index contributed by atoms with van der Waals surface area (Å²) >= 11 is 0. The molecule has 216 valence electrons. The van der Waals surface area contributed by atoms with Gasteiger partial charge in [0, 0.05) is 13.1 Å². The molecule has 0 amide bonds. The van der Waals surface area contributed by atoms with Crippen molar-refractivity contribution < 1.29 is 33.0 Å². The number of carbonyl (C=O) groups is 2. The Bertz CT molecular complexity index is 1480. The molecule has 4 aromatic carbocycles. The Morgan fingerprint density at radius 1 is 0.714 bits per heavy atom. The number of carboxylic acids is 2. The third-order valence-electron chi connectivity index (χ3n) is 6.34. The predicted molar refractivity (Wildman–Crippen MR) is 153 cm³/mol. The number of hydrogen-bond acceptors (Lipinski definition) is 4. The van der Waals surface area contributed by atoms with Crippen LogP contribution in [0.25, 0.3) is 11.1 Å². The topological polar surface area (TPSA) is 102 Å². The van der Waals surface area contributed by atoms with Crippen molar-refractivity contribution in [3.8, 4) is 17.2 Å². The highest BCUT2D eigenvalue weighted by molar-refractivity contribution is 5.88. The van der Waals surface area contributed by atoms with Gasteiger partial charge in [-0.1, -0.05) is 78.9 Å². The zero-order chi connectivity index (χ0) is 30.5. The van der Waals surface area contributed by atoms with Gasteiger partial charge in [0.1, 0.15) is 0 Å². The summed E-state index contributed by atoms with van der Waals surface area (Å²) in [6.07, 6.45) is -2.98. The van der Waals surface area contributed by atoms with Gasteiger partial charge in [0.15, 0.2) is 0 Å². The number of aryl methyl sites for hydroxylation is 1. The van der Waals surface area contributed by atoms with E-state index in [0.29, 0.717) is 11.1 Å². The number of nitrogens with zero attached hydrogens (tertiary/aromatic N) is 2. The van der Waals surface area contributed by atoms with Crippen LogP contribution in [0.15, 0.2) is 103 Å². The van der Waals surface area contributed by atoms with Gasteiger partial charge in [-0.15, -0.1) is 0 Å². The highest BCUT2D eigenvalue weighted by Crippen LogP contribution is 2.22. The first-order chi connectivity index (χ1) is 20.0. The minimum absolute atomic E-state index is 0.291. The largest absolute Gasteiger partial charge is 0.490 e. The van der Waals surface area contributed by atoms with E-state index in [-0.39, 0.29) is 0 Å². The molecule has 0 spiro atoms. The van der Waals surface area contributed by atoms with Crippen molar-refractivity contribution in [2.45, 2.75) is 32.1 Å². The zero-order valence-corrected chi connectivity index (χ0v) is 22.6. The van der Waals surface area contributed by atoms with E-state index in [0.717, 1.165) is 43.6 Å². The molecule has 0 atom stereocenters. The zero-order valence-electron chi connectivity index (χ0n) is 22.6. The third kappa shape index (κ3) is 10.2. The summed E-state index contributed by atoms with van der Waals surface area (Å²) in [5.41, 5.74) is 6.80. The molecule has 0 saturated heterocycles. The second-order valence-corrected chi connectivity index (χ2v) is 9.49. The van der Waals surface area contributed by atoms with E-state index >= 15 is 0 Å². The van der Waals surface area contributed by atoms with Crippen LogP contribution in [0.2, 0.25) is 0 Å². The fourth-order valence-corrected chi connectivity index (χ4v) is 4.17. The summed E-state index contributed by atoms with van der Waals surface area (Å²) in [6, 6.07) is 36.0. The minimum Gasteiger partial charge on any atom is -0.478 e. The van der Waals surface area contributed by atoms with Crippen molar-refractivity contribution in [2.75, 3.05) is 6.54 Å². The van der Waals surface area contributed by atoms with E-state index < -0.39 is 18.1 Å². The van der Waals surface area contributed by atoms with Gasteiger partial charge < -0.3 is 10.2 Å². The molecule has 0 aliphatic rings. The maximum absolute atomic E-state index is 11.1. The molecule has 0 fully saturated rings. The van der Waals surface area contributed by atoms with E-state index in [4.69, 9.17) is 20.3 Å². The first-order valence-electron chi connectivity index (χ1n) is 13.0. The summed E-state index contributed by atoms with van der Waals surface area (Å²) in [5, 5.41) is 25.3. The van der Waals surface area contributed by atoms with Gasteiger partial charge in [-0.25, -0.2) is 9.59 Å². The van der Waals surface area contributed by atoms with Crippen LogP contribution in [-0.2, 0) is 24.3 Å². The number of carboxylic acid groups (broad SMARTS) is 2. The highest BCUT2D eigenvalue weighted by Gasteiger charge is 2.38. The minimum atomic E-state index is -5.08. The molecule has 0 unspecified atom stereocenters. The average molecular weight is 575 g/mol. The first-order valence-corrected chi connectivity index (χ1v) is 13.0. The lowest BCUT2D eigenvalue weighted by Crippen LogP contribution is -2.24. The Morgan fingerprint density at radius 2 is 1.19 bits per heavy atom. The van der Waals surface area contributed by atoms with Crippen LogP contribution < -0.4 is 0 Å². The molecule has 42 heavy (non-hydrogen) atoms. The Hall–Kier alpha value is -4.94. The number of rotatable bonds is 10. The molecule has 9 heteroatoms. The van der Waals surface area contributed by atoms with Gasteiger partial charge in [-0.3, -0.25) is 4.90 Å². The number of aromatic carboxylic acids is 1. The average Bonchev–Trinajstić information content (AvgIpc) is 2.98. The van der Waals surface area contributed by atoms with Crippen LogP contribution in [0.4, 0.5) is 13.2 Å². The van der Waals surface area contributed by atoms with Crippen molar-refractivity contribution in [2.24, 2.45) is 0 Å². The SMILES string of the molecule is N#Cc1ccc(CN(CCCc2ccccc2)Cc2ccc(-c3ccc(C(=O)O)cc3)cc2)cc1.O=C(O)C(F)(F)F. The van der Waals surface area contributed by atoms with Crippen LogP contribution in [0.5, 0.6) is 0 Å². The summed E-state index contributed by atoms with van der Waals surface area (Å²) in [6.45, 7) is 2.61. The molecular formula is C33H29F3N2O4. The second kappa shape index (κ2) is 15.2. The molecular weight excluding hydrogens is 545 g/mol. The van der Waals surface area contributed by atoms with Crippen LogP contribution in [0.1, 0.15) is 39.0 Å². The van der Waals surface area contributed by atoms with Gasteiger partial charge in [0.25, 0.3) is 0 Å². The summed E-state index contributed by atoms with van der Waals surface area (Å²) in [5.74, 6) is -3.67. The van der Waals surface area contributed by atoms with Gasteiger partial charge in [0.05, 0.1) is 17.2 Å². The quantitative estimate of drug-likeness (QED) is 0.208. The number of nitriles is 1. The van der Waals surface area contributed by atoms with Crippen LogP contribution in [0, 0.1) is 11.3 Å². The van der Waals surface area contributed by atoms with Crippen molar-refractivity contribution in [1.29, 1.82) is 5.26 Å². The molecule has 0 aromatic heterocycles. The molecule has 2 N–H and O–H groups in total. The van der Waals surface area contributed by atoms with Crippen LogP contribution >= 0.6 is 0 Å². The third-order valence-corrected chi connectivity index (χ3v) is 6.34. The molecule has 4 rings (SSSR count). The lowest BCUT2D eigenvalue weighted by Gasteiger charge is -2.23. The highest BCUT2D eigenvalue weighted by atomic mass is 19.4. The molecule has 6 nitrogen and oxygen atoms in total. The first kappa shape index (κ1) is 31.6. The number of aliphatic carboxylic acids is 1. The Kier molecular flexibility index (Phi) is 11.4. The van der Waals surface area contributed by atoms with E-state index in [1.54, 1.807) is 12.1 Å². The summed E-state index contributed by atoms with van der Waals surface area (Å²) in [7, 11) is 0. The molecule has 0 heterocycles. The number of alkyl halides is 3. The van der Waals surface area contributed by atoms with E-state index in [9.17, 15) is 18.0 Å². The van der Waals surface area contributed by atoms with Crippen LogP contribution in [0.3, 0.4) is 0 Å². The molecule has 0 saturated carbocycles. The Labute approximate surface area is 241 Å². The molecule has 0 aliphatic carbocycles. The summed E-state index contributed by atoms with van der Waals surface area (Å²) in [4.78, 5) is 22.4. The van der Waals surface area contributed by atoms with E-state index in [2.05, 4.69) is 59.5 Å². The van der Waals surface area contributed by atoms with Crippen molar-refractivity contribution in [3.05, 3.63) is 131 Å².